The first-order valence-corrected chi connectivity index (χ1v) is 4.61. The van der Waals surface area contributed by atoms with Crippen LogP contribution >= 0.6 is 0 Å². The van der Waals surface area contributed by atoms with Crippen molar-refractivity contribution in [2.45, 2.75) is 6.92 Å². The summed E-state index contributed by atoms with van der Waals surface area (Å²) in [6.45, 7) is 10.6. The minimum atomic E-state index is 0.0555. The third-order valence-corrected chi connectivity index (χ3v) is 1.71. The maximum atomic E-state index is 8.78. The van der Waals surface area contributed by atoms with Gasteiger partial charge in [-0.05, 0) is 13.0 Å². The van der Waals surface area contributed by atoms with Gasteiger partial charge in [-0.3, -0.25) is 0 Å². The summed E-state index contributed by atoms with van der Waals surface area (Å²) >= 11 is 0. The van der Waals surface area contributed by atoms with E-state index in [2.05, 4.69) is 13.2 Å². The van der Waals surface area contributed by atoms with Crippen LogP contribution in [0, 0.1) is 0 Å². The van der Waals surface area contributed by atoms with Crippen molar-refractivity contribution in [3.05, 3.63) is 36.6 Å². The summed E-state index contributed by atoms with van der Waals surface area (Å²) in [6, 6.07) is 0. The van der Waals surface area contributed by atoms with Crippen LogP contribution in [-0.2, 0) is 0 Å². The molecule has 0 aromatic carbocycles. The second-order valence-electron chi connectivity index (χ2n) is 3.11. The van der Waals surface area contributed by atoms with Crippen LogP contribution in [0.1, 0.15) is 6.92 Å². The topological polar surface area (TPSA) is 43.7 Å². The Balaban J connectivity index is 4.20. The quantitative estimate of drug-likeness (QED) is 0.596. The van der Waals surface area contributed by atoms with Crippen LogP contribution in [0.15, 0.2) is 36.6 Å². The smallest absolute Gasteiger partial charge is 0.0606 e. The molecule has 3 nitrogen and oxygen atoms in total. The standard InChI is InChI=1S/C11H19NO2/c1-10(2)4-5-11(3)12(6-8-13)7-9-14/h4-5,13-14H,1,3,6-9H2,2H3/b5-4-. The van der Waals surface area contributed by atoms with E-state index in [1.807, 2.05) is 24.0 Å². The average Bonchev–Trinajstić information content (AvgIpc) is 2.14. The Morgan fingerprint density at radius 3 is 2.00 bits per heavy atom. The molecule has 0 fully saturated rings. The van der Waals surface area contributed by atoms with Gasteiger partial charge in [-0.2, -0.15) is 0 Å². The van der Waals surface area contributed by atoms with Crippen molar-refractivity contribution >= 4 is 0 Å². The lowest BCUT2D eigenvalue weighted by molar-refractivity contribution is 0.192. The third kappa shape index (κ3) is 5.56. The zero-order valence-electron chi connectivity index (χ0n) is 8.74. The van der Waals surface area contributed by atoms with Crippen molar-refractivity contribution in [2.24, 2.45) is 0 Å². The molecular formula is C11H19NO2. The highest BCUT2D eigenvalue weighted by Gasteiger charge is 2.02. The molecule has 0 aliphatic heterocycles. The van der Waals surface area contributed by atoms with Crippen molar-refractivity contribution in [1.82, 2.24) is 4.90 Å². The summed E-state index contributed by atoms with van der Waals surface area (Å²) in [6.07, 6.45) is 3.68. The molecule has 0 aromatic heterocycles. The van der Waals surface area contributed by atoms with Gasteiger partial charge in [0.05, 0.1) is 13.2 Å². The van der Waals surface area contributed by atoms with Crippen molar-refractivity contribution in [3.63, 3.8) is 0 Å². The van der Waals surface area contributed by atoms with E-state index in [0.29, 0.717) is 13.1 Å². The van der Waals surface area contributed by atoms with Gasteiger partial charge < -0.3 is 15.1 Å². The van der Waals surface area contributed by atoms with Crippen LogP contribution in [0.5, 0.6) is 0 Å². The van der Waals surface area contributed by atoms with E-state index in [1.54, 1.807) is 0 Å². The molecule has 0 heterocycles. The van der Waals surface area contributed by atoms with Crippen LogP contribution in [0.25, 0.3) is 0 Å². The first-order chi connectivity index (χ1) is 6.61. The molecule has 0 unspecified atom stereocenters. The van der Waals surface area contributed by atoms with Gasteiger partial charge >= 0.3 is 0 Å². The third-order valence-electron chi connectivity index (χ3n) is 1.71. The normalized spacial score (nSPS) is 10.5. The molecule has 0 aromatic rings. The number of hydrogen-bond acceptors (Lipinski definition) is 3. The Bertz CT molecular complexity index is 215. The molecule has 0 spiro atoms. The number of aliphatic hydroxyl groups is 2. The highest BCUT2D eigenvalue weighted by molar-refractivity contribution is 5.22. The van der Waals surface area contributed by atoms with E-state index in [-0.39, 0.29) is 13.2 Å². The summed E-state index contributed by atoms with van der Waals surface area (Å²) in [4.78, 5) is 1.82. The molecule has 0 amide bonds. The van der Waals surface area contributed by atoms with E-state index in [0.717, 1.165) is 11.3 Å². The fourth-order valence-electron chi connectivity index (χ4n) is 0.984. The van der Waals surface area contributed by atoms with Crippen molar-refractivity contribution in [3.8, 4) is 0 Å². The lowest BCUT2D eigenvalue weighted by Crippen LogP contribution is -2.28. The molecule has 0 saturated carbocycles. The first kappa shape index (κ1) is 12.9. The molecule has 0 radical (unpaired) electrons. The van der Waals surface area contributed by atoms with Gasteiger partial charge in [0.1, 0.15) is 0 Å². The molecule has 80 valence electrons. The number of rotatable bonds is 7. The maximum absolute atomic E-state index is 8.78. The summed E-state index contributed by atoms with van der Waals surface area (Å²) in [7, 11) is 0. The van der Waals surface area contributed by atoms with E-state index >= 15 is 0 Å². The Morgan fingerprint density at radius 2 is 1.64 bits per heavy atom. The number of aliphatic hydroxyl groups excluding tert-OH is 2. The fourth-order valence-corrected chi connectivity index (χ4v) is 0.984. The first-order valence-electron chi connectivity index (χ1n) is 4.61. The molecule has 0 aliphatic rings. The summed E-state index contributed by atoms with van der Waals surface area (Å²) in [5.41, 5.74) is 1.72. The predicted octanol–water partition coefficient (Wildman–Crippen LogP) is 0.919. The zero-order valence-corrected chi connectivity index (χ0v) is 8.74. The van der Waals surface area contributed by atoms with Crippen LogP contribution < -0.4 is 0 Å². The number of nitrogens with zero attached hydrogens (tertiary/aromatic N) is 1. The van der Waals surface area contributed by atoms with Crippen molar-refractivity contribution < 1.29 is 10.2 Å². The SMILES string of the molecule is C=C(C)/C=C\C(=C)N(CCO)CCO. The minimum absolute atomic E-state index is 0.0555. The molecule has 0 saturated heterocycles. The summed E-state index contributed by atoms with van der Waals surface area (Å²) in [5.74, 6) is 0. The molecule has 14 heavy (non-hydrogen) atoms. The predicted molar refractivity (Wildman–Crippen MR) is 58.8 cm³/mol. The molecule has 0 bridgehead atoms. The van der Waals surface area contributed by atoms with E-state index in [9.17, 15) is 0 Å². The maximum Gasteiger partial charge on any atom is 0.0606 e. The highest BCUT2D eigenvalue weighted by atomic mass is 16.3. The minimum Gasteiger partial charge on any atom is -0.395 e. The zero-order chi connectivity index (χ0) is 11.0. The molecule has 2 N–H and O–H groups in total. The Morgan fingerprint density at radius 1 is 1.14 bits per heavy atom. The molecule has 0 atom stereocenters. The molecular weight excluding hydrogens is 178 g/mol. The summed E-state index contributed by atoms with van der Waals surface area (Å²) in [5, 5.41) is 17.6. The lowest BCUT2D eigenvalue weighted by atomic mass is 10.2. The Hall–Kier alpha value is -1.06. The van der Waals surface area contributed by atoms with Gasteiger partial charge in [-0.15, -0.1) is 0 Å². The summed E-state index contributed by atoms with van der Waals surface area (Å²) < 4.78 is 0. The van der Waals surface area contributed by atoms with Gasteiger partial charge in [0.2, 0.25) is 0 Å². The van der Waals surface area contributed by atoms with E-state index < -0.39 is 0 Å². The van der Waals surface area contributed by atoms with Gasteiger partial charge in [0, 0.05) is 18.8 Å². The number of hydrogen-bond donors (Lipinski definition) is 2. The van der Waals surface area contributed by atoms with Gasteiger partial charge in [0.25, 0.3) is 0 Å². The molecule has 0 rings (SSSR count). The van der Waals surface area contributed by atoms with Crippen LogP contribution in [0.4, 0.5) is 0 Å². The average molecular weight is 197 g/mol. The number of allylic oxidation sites excluding steroid dienone is 3. The highest BCUT2D eigenvalue weighted by Crippen LogP contribution is 2.04. The van der Waals surface area contributed by atoms with Crippen LogP contribution in [-0.4, -0.2) is 41.4 Å². The molecule has 0 aliphatic carbocycles. The van der Waals surface area contributed by atoms with Gasteiger partial charge in [-0.1, -0.05) is 24.8 Å². The van der Waals surface area contributed by atoms with E-state index in [4.69, 9.17) is 10.2 Å². The van der Waals surface area contributed by atoms with Gasteiger partial charge in [0.15, 0.2) is 0 Å². The van der Waals surface area contributed by atoms with Crippen LogP contribution in [0.2, 0.25) is 0 Å². The monoisotopic (exact) mass is 197 g/mol. The van der Waals surface area contributed by atoms with Crippen molar-refractivity contribution in [2.75, 3.05) is 26.3 Å². The Labute approximate surface area is 85.7 Å². The lowest BCUT2D eigenvalue weighted by Gasteiger charge is -2.22. The van der Waals surface area contributed by atoms with E-state index in [1.165, 1.54) is 0 Å². The molecule has 3 heteroatoms. The largest absolute Gasteiger partial charge is 0.395 e. The second-order valence-corrected chi connectivity index (χ2v) is 3.11. The fraction of sp³-hybridized carbons (Fsp3) is 0.455. The Kier molecular flexibility index (Phi) is 6.80. The second kappa shape index (κ2) is 7.35. The van der Waals surface area contributed by atoms with Crippen LogP contribution in [0.3, 0.4) is 0 Å². The van der Waals surface area contributed by atoms with Gasteiger partial charge in [-0.25, -0.2) is 0 Å². The van der Waals surface area contributed by atoms with Crippen molar-refractivity contribution in [1.29, 1.82) is 0 Å².